The van der Waals surface area contributed by atoms with Gasteiger partial charge in [0, 0.05) is 12.7 Å². The number of alkyl halides is 5. The average molecular weight is 624 g/mol. The summed E-state index contributed by atoms with van der Waals surface area (Å²) in [6.07, 6.45) is -4.54. The van der Waals surface area contributed by atoms with E-state index < -0.39 is 76.0 Å². The Labute approximate surface area is 245 Å². The summed E-state index contributed by atoms with van der Waals surface area (Å²) in [5.74, 6) is -3.85. The first-order valence-corrected chi connectivity index (χ1v) is 13.4. The second-order valence-electron chi connectivity index (χ2n) is 12.0. The zero-order chi connectivity index (χ0) is 32.3. The van der Waals surface area contributed by atoms with Crippen LogP contribution in [0.15, 0.2) is 35.0 Å². The molecule has 3 N–H and O–H groups in total. The van der Waals surface area contributed by atoms with Gasteiger partial charge in [-0.2, -0.15) is 22.0 Å². The number of carboxylic acids is 1. The molecule has 0 radical (unpaired) electrons. The molecule has 1 aliphatic rings. The highest BCUT2D eigenvalue weighted by Crippen LogP contribution is 2.43. The number of Topliss-reactive ketones (excluding diaryl/α,β-unsaturated/α-hetero) is 1. The van der Waals surface area contributed by atoms with E-state index in [1.54, 1.807) is 20.8 Å². The van der Waals surface area contributed by atoms with Gasteiger partial charge in [0.25, 0.3) is 5.91 Å². The maximum atomic E-state index is 14.4. The molecule has 8 nitrogen and oxygen atoms in total. The quantitative estimate of drug-likeness (QED) is 0.137. The Bertz CT molecular complexity index is 1250. The van der Waals surface area contributed by atoms with Gasteiger partial charge in [0.05, 0.1) is 33.7 Å². The molecule has 1 aliphatic carbocycles. The Morgan fingerprint density at radius 1 is 1.14 bits per heavy atom. The molecule has 0 bridgehead atoms. The normalized spacial score (nSPS) is 22.2. The lowest BCUT2D eigenvalue weighted by molar-refractivity contribution is -0.150. The van der Waals surface area contributed by atoms with Crippen molar-refractivity contribution in [3.63, 3.8) is 0 Å². The number of benzene rings is 1. The zero-order valence-electron chi connectivity index (χ0n) is 23.9. The summed E-state index contributed by atoms with van der Waals surface area (Å²) in [5.41, 5.74) is -0.682. The van der Waals surface area contributed by atoms with Crippen molar-refractivity contribution in [3.8, 4) is 5.75 Å². The van der Waals surface area contributed by atoms with E-state index in [0.717, 1.165) is 11.0 Å². The van der Waals surface area contributed by atoms with Crippen molar-refractivity contribution < 1.29 is 46.2 Å². The van der Waals surface area contributed by atoms with E-state index in [4.69, 9.17) is 17.3 Å². The molecule has 1 aromatic carbocycles. The van der Waals surface area contributed by atoms with Crippen LogP contribution in [0.25, 0.3) is 0 Å². The van der Waals surface area contributed by atoms with Gasteiger partial charge >= 0.3 is 18.8 Å². The Morgan fingerprint density at radius 2 is 1.71 bits per heavy atom. The van der Waals surface area contributed by atoms with Crippen LogP contribution in [-0.2, 0) is 9.59 Å². The van der Waals surface area contributed by atoms with Gasteiger partial charge in [-0.1, -0.05) is 38.4 Å². The zero-order valence-corrected chi connectivity index (χ0v) is 24.7. The van der Waals surface area contributed by atoms with Gasteiger partial charge in [-0.25, -0.2) is 0 Å². The molecule has 0 unspecified atom stereocenters. The van der Waals surface area contributed by atoms with E-state index >= 15 is 0 Å². The molecule has 1 fully saturated rings. The first-order valence-electron chi connectivity index (χ1n) is 13.0. The molecule has 0 aromatic heterocycles. The lowest BCUT2D eigenvalue weighted by Gasteiger charge is -2.39. The smallest absolute Gasteiger partial charge is 0.433 e. The van der Waals surface area contributed by atoms with E-state index in [-0.39, 0.29) is 37.3 Å². The first kappa shape index (κ1) is 35.0. The summed E-state index contributed by atoms with van der Waals surface area (Å²) in [7, 11) is 0. The van der Waals surface area contributed by atoms with Crippen molar-refractivity contribution in [2.75, 3.05) is 13.1 Å². The number of carboxylic acid groups (broad SMARTS) is 1. The predicted molar refractivity (Wildman–Crippen MR) is 147 cm³/mol. The van der Waals surface area contributed by atoms with Gasteiger partial charge in [0.2, 0.25) is 0 Å². The molecule has 0 saturated heterocycles. The van der Waals surface area contributed by atoms with Crippen LogP contribution in [0.4, 0.5) is 22.0 Å². The van der Waals surface area contributed by atoms with Crippen LogP contribution in [0.5, 0.6) is 5.75 Å². The third kappa shape index (κ3) is 8.89. The lowest BCUT2D eigenvalue weighted by Crippen LogP contribution is -2.46. The highest BCUT2D eigenvalue weighted by Gasteiger charge is 2.47. The molecule has 0 spiro atoms. The van der Waals surface area contributed by atoms with Gasteiger partial charge < -0.3 is 20.5 Å². The summed E-state index contributed by atoms with van der Waals surface area (Å²) in [6.45, 7) is 3.60. The summed E-state index contributed by atoms with van der Waals surface area (Å²) in [6, 6.07) is 3.57. The van der Waals surface area contributed by atoms with Gasteiger partial charge in [0.1, 0.15) is 5.75 Å². The summed E-state index contributed by atoms with van der Waals surface area (Å²) >= 11 is 6.08. The number of nitrogens with two attached hydrogens (primary N) is 1. The Balaban J connectivity index is 2.53. The molecule has 1 amide bonds. The minimum atomic E-state index is -5.14. The summed E-state index contributed by atoms with van der Waals surface area (Å²) < 4.78 is 73.5. The van der Waals surface area contributed by atoms with E-state index in [0.29, 0.717) is 6.20 Å². The number of hydrogen-bond acceptors (Lipinski definition) is 6. The second kappa shape index (κ2) is 13.0. The molecule has 234 valence electrons. The molecule has 1 saturated carbocycles. The lowest BCUT2D eigenvalue weighted by atomic mass is 9.69. The van der Waals surface area contributed by atoms with Crippen LogP contribution in [0.2, 0.25) is 5.02 Å². The highest BCUT2D eigenvalue weighted by atomic mass is 35.5. The molecule has 2 rings (SSSR count). The van der Waals surface area contributed by atoms with Crippen molar-refractivity contribution in [2.24, 2.45) is 21.6 Å². The Hall–Kier alpha value is -3.22. The van der Waals surface area contributed by atoms with Gasteiger partial charge in [-0.3, -0.25) is 19.4 Å². The van der Waals surface area contributed by atoms with Crippen LogP contribution >= 0.6 is 11.6 Å². The third-order valence-electron chi connectivity index (χ3n) is 7.01. The van der Waals surface area contributed by atoms with Crippen LogP contribution in [0.3, 0.4) is 0 Å². The number of carbonyl (C=O) groups excluding carboxylic acids is 2. The van der Waals surface area contributed by atoms with Gasteiger partial charge in [-0.15, -0.1) is 0 Å². The number of aliphatic carboxylic acids is 1. The van der Waals surface area contributed by atoms with Crippen molar-refractivity contribution >= 4 is 35.0 Å². The largest absolute Gasteiger partial charge is 0.481 e. The van der Waals surface area contributed by atoms with Crippen LogP contribution in [-0.4, -0.2) is 64.8 Å². The van der Waals surface area contributed by atoms with Crippen molar-refractivity contribution in [1.82, 2.24) is 4.90 Å². The summed E-state index contributed by atoms with van der Waals surface area (Å²) in [4.78, 5) is 43.3. The number of aliphatic imine (C=N–C) groups is 1. The van der Waals surface area contributed by atoms with Crippen LogP contribution in [0.1, 0.15) is 70.7 Å². The minimum absolute atomic E-state index is 0.00499. The fourth-order valence-corrected chi connectivity index (χ4v) is 4.90. The van der Waals surface area contributed by atoms with Crippen molar-refractivity contribution in [2.45, 2.75) is 78.6 Å². The Morgan fingerprint density at radius 3 is 2.17 bits per heavy atom. The average Bonchev–Trinajstić information content (AvgIpc) is 2.83. The van der Waals surface area contributed by atoms with Crippen molar-refractivity contribution in [1.29, 1.82) is 0 Å². The molecule has 0 aliphatic heterocycles. The molecular weight excluding hydrogens is 589 g/mol. The number of ether oxygens (including phenoxy) is 1. The van der Waals surface area contributed by atoms with E-state index in [1.807, 2.05) is 0 Å². The summed E-state index contributed by atoms with van der Waals surface area (Å²) in [5, 5.41) is 9.23. The standard InChI is InChI=1S/C28H35ClF5N3O5/c1-25(2,3)15-37(14-18(38)20-17(29)7-6-8-19(20)42-24(30)31)22(39)16(13-35)21(28(32,33)34)36-27(5)11-9-26(4,10-12-27)23(40)41/h6-8,13,24H,9-12,14-15,35H2,1-5H3,(H,40,41). The van der Waals surface area contributed by atoms with E-state index in [1.165, 1.54) is 26.0 Å². The fourth-order valence-electron chi connectivity index (χ4n) is 4.63. The fraction of sp³-hybridized carbons (Fsp3) is 0.571. The van der Waals surface area contributed by atoms with Crippen molar-refractivity contribution in [3.05, 3.63) is 40.6 Å². The van der Waals surface area contributed by atoms with Crippen LogP contribution < -0.4 is 10.5 Å². The predicted octanol–water partition coefficient (Wildman–Crippen LogP) is 6.27. The monoisotopic (exact) mass is 623 g/mol. The number of halogens is 6. The molecule has 14 heteroatoms. The number of amides is 1. The number of carbonyl (C=O) groups is 3. The third-order valence-corrected chi connectivity index (χ3v) is 7.32. The highest BCUT2D eigenvalue weighted by molar-refractivity contribution is 6.34. The van der Waals surface area contributed by atoms with E-state index in [9.17, 15) is 41.4 Å². The number of hydrogen-bond donors (Lipinski definition) is 2. The second-order valence-corrected chi connectivity index (χ2v) is 12.4. The first-order chi connectivity index (χ1) is 19.1. The minimum Gasteiger partial charge on any atom is -0.481 e. The SMILES string of the molecule is CC(C)(C)CN(CC(=O)c1c(Cl)cccc1OC(F)F)C(=O)C(=CN)C(=NC1(C)CCC(C)(C(=O)O)CC1)C(F)(F)F. The van der Waals surface area contributed by atoms with Gasteiger partial charge in [-0.05, 0) is 57.1 Å². The molecule has 1 aromatic rings. The molecule has 0 heterocycles. The molecule has 0 atom stereocenters. The Kier molecular flexibility index (Phi) is 10.8. The molecule has 42 heavy (non-hydrogen) atoms. The van der Waals surface area contributed by atoms with Gasteiger partial charge in [0.15, 0.2) is 11.5 Å². The number of nitrogens with zero attached hydrogens (tertiary/aromatic N) is 2. The maximum absolute atomic E-state index is 14.4. The topological polar surface area (TPSA) is 122 Å². The molecular formula is C28H35ClF5N3O5. The van der Waals surface area contributed by atoms with E-state index in [2.05, 4.69) is 9.73 Å². The maximum Gasteiger partial charge on any atom is 0.433 e. The number of ketones is 1. The van der Waals surface area contributed by atoms with Crippen LogP contribution in [0, 0.1) is 10.8 Å². The number of rotatable bonds is 10.